The van der Waals surface area contributed by atoms with Crippen molar-refractivity contribution >= 4 is 17.2 Å². The van der Waals surface area contributed by atoms with Crippen LogP contribution in [0, 0.1) is 6.92 Å². The molecule has 2 aromatic heterocycles. The molecule has 0 fully saturated rings. The highest BCUT2D eigenvalue weighted by Gasteiger charge is 2.16. The molecule has 130 valence electrons. The van der Waals surface area contributed by atoms with Crippen molar-refractivity contribution in [2.24, 2.45) is 0 Å². The molecule has 0 radical (unpaired) electrons. The Kier molecular flexibility index (Phi) is 5.90. The minimum Gasteiger partial charge on any atom is -0.484 e. The van der Waals surface area contributed by atoms with Gasteiger partial charge in [0, 0.05) is 23.5 Å². The molecule has 0 unspecified atom stereocenters. The van der Waals surface area contributed by atoms with Gasteiger partial charge in [-0.3, -0.25) is 4.79 Å². The quantitative estimate of drug-likeness (QED) is 0.605. The fourth-order valence-corrected chi connectivity index (χ4v) is 3.23. The average molecular weight is 355 g/mol. The molecule has 2 heterocycles. The first-order chi connectivity index (χ1) is 12.2. The fourth-order valence-electron chi connectivity index (χ4n) is 2.54. The molecule has 0 saturated heterocycles. The van der Waals surface area contributed by atoms with E-state index >= 15 is 0 Å². The van der Waals surface area contributed by atoms with Gasteiger partial charge in [-0.05, 0) is 48.6 Å². The summed E-state index contributed by atoms with van der Waals surface area (Å²) in [6.45, 7) is 3.21. The molecule has 1 amide bonds. The van der Waals surface area contributed by atoms with Crippen LogP contribution in [-0.2, 0) is 17.8 Å². The zero-order valence-electron chi connectivity index (χ0n) is 14.2. The molecule has 0 atom stereocenters. The lowest BCUT2D eigenvalue weighted by molar-refractivity contribution is -0.134. The molecule has 5 heteroatoms. The lowest BCUT2D eigenvalue weighted by Gasteiger charge is -2.22. The van der Waals surface area contributed by atoms with Crippen molar-refractivity contribution in [2.45, 2.75) is 19.9 Å². The molecule has 0 aliphatic rings. The van der Waals surface area contributed by atoms with Crippen molar-refractivity contribution in [1.29, 1.82) is 0 Å². The lowest BCUT2D eigenvalue weighted by atomic mass is 10.2. The number of hydrogen-bond donors (Lipinski definition) is 0. The monoisotopic (exact) mass is 355 g/mol. The van der Waals surface area contributed by atoms with E-state index in [2.05, 4.69) is 11.4 Å². The van der Waals surface area contributed by atoms with Crippen LogP contribution in [-0.4, -0.2) is 24.0 Å². The van der Waals surface area contributed by atoms with Gasteiger partial charge in [0.15, 0.2) is 6.61 Å². The van der Waals surface area contributed by atoms with Crippen LogP contribution in [0.2, 0.25) is 0 Å². The summed E-state index contributed by atoms with van der Waals surface area (Å²) >= 11 is 1.71. The van der Waals surface area contributed by atoms with Crippen molar-refractivity contribution in [3.63, 3.8) is 0 Å². The Bertz CT molecular complexity index is 781. The smallest absolute Gasteiger partial charge is 0.260 e. The zero-order chi connectivity index (χ0) is 17.5. The standard InChI is InChI=1S/C20H21NO3S/c1-16-4-2-5-18(12-16)24-15-20(22)21(13-17-8-10-23-14-17)9-7-19-6-3-11-25-19/h2-6,8,10-12,14H,7,9,13,15H2,1H3. The van der Waals surface area contributed by atoms with Crippen LogP contribution in [0.4, 0.5) is 0 Å². The predicted octanol–water partition coefficient (Wildman–Crippen LogP) is 4.30. The van der Waals surface area contributed by atoms with Gasteiger partial charge in [-0.15, -0.1) is 11.3 Å². The summed E-state index contributed by atoms with van der Waals surface area (Å²) in [5, 5.41) is 2.05. The van der Waals surface area contributed by atoms with Gasteiger partial charge >= 0.3 is 0 Å². The number of ether oxygens (including phenoxy) is 1. The number of aryl methyl sites for hydroxylation is 1. The molecular weight excluding hydrogens is 334 g/mol. The Morgan fingerprint density at radius 3 is 2.88 bits per heavy atom. The Morgan fingerprint density at radius 2 is 2.16 bits per heavy atom. The number of benzene rings is 1. The van der Waals surface area contributed by atoms with E-state index in [9.17, 15) is 4.79 Å². The number of furan rings is 1. The van der Waals surface area contributed by atoms with Gasteiger partial charge in [0.2, 0.25) is 0 Å². The van der Waals surface area contributed by atoms with Crippen LogP contribution < -0.4 is 4.74 Å². The predicted molar refractivity (Wildman–Crippen MR) is 98.8 cm³/mol. The van der Waals surface area contributed by atoms with E-state index in [4.69, 9.17) is 9.15 Å². The summed E-state index contributed by atoms with van der Waals surface area (Å²) < 4.78 is 10.8. The Hall–Kier alpha value is -2.53. The Balaban J connectivity index is 1.61. The number of carbonyl (C=O) groups excluding carboxylic acids is 1. The number of nitrogens with zero attached hydrogens (tertiary/aromatic N) is 1. The topological polar surface area (TPSA) is 42.7 Å². The molecule has 0 spiro atoms. The summed E-state index contributed by atoms with van der Waals surface area (Å²) in [4.78, 5) is 15.7. The van der Waals surface area contributed by atoms with Crippen LogP contribution in [0.1, 0.15) is 16.0 Å². The van der Waals surface area contributed by atoms with Crippen molar-refractivity contribution in [2.75, 3.05) is 13.2 Å². The normalized spacial score (nSPS) is 10.6. The van der Waals surface area contributed by atoms with Crippen molar-refractivity contribution in [3.05, 3.63) is 76.4 Å². The molecule has 25 heavy (non-hydrogen) atoms. The summed E-state index contributed by atoms with van der Waals surface area (Å²) in [5.74, 6) is 0.689. The first-order valence-corrected chi connectivity index (χ1v) is 9.09. The minimum atomic E-state index is -0.0285. The third-order valence-corrected chi connectivity index (χ3v) is 4.80. The second kappa shape index (κ2) is 8.53. The van der Waals surface area contributed by atoms with Crippen LogP contribution in [0.5, 0.6) is 5.75 Å². The molecule has 4 nitrogen and oxygen atoms in total. The molecule has 0 aliphatic heterocycles. The second-order valence-electron chi connectivity index (χ2n) is 5.88. The molecule has 0 N–H and O–H groups in total. The van der Waals surface area contributed by atoms with E-state index < -0.39 is 0 Å². The van der Waals surface area contributed by atoms with Gasteiger partial charge in [0.05, 0.1) is 12.5 Å². The van der Waals surface area contributed by atoms with E-state index in [1.165, 1.54) is 4.88 Å². The number of carbonyl (C=O) groups is 1. The highest BCUT2D eigenvalue weighted by molar-refractivity contribution is 7.09. The third kappa shape index (κ3) is 5.22. The third-order valence-electron chi connectivity index (χ3n) is 3.87. The second-order valence-corrected chi connectivity index (χ2v) is 6.91. The largest absolute Gasteiger partial charge is 0.484 e. The number of hydrogen-bond acceptors (Lipinski definition) is 4. The van der Waals surface area contributed by atoms with Crippen LogP contribution in [0.3, 0.4) is 0 Å². The Labute approximate surface area is 151 Å². The van der Waals surface area contributed by atoms with Crippen molar-refractivity contribution < 1.29 is 13.9 Å². The van der Waals surface area contributed by atoms with E-state index in [1.54, 1.807) is 23.9 Å². The summed E-state index contributed by atoms with van der Waals surface area (Å²) in [5.41, 5.74) is 2.09. The van der Waals surface area contributed by atoms with Crippen LogP contribution in [0.25, 0.3) is 0 Å². The summed E-state index contributed by atoms with van der Waals surface area (Å²) in [6.07, 6.45) is 4.14. The fraction of sp³-hybridized carbons (Fsp3) is 0.250. The van der Waals surface area contributed by atoms with Crippen LogP contribution in [0.15, 0.2) is 64.8 Å². The zero-order valence-corrected chi connectivity index (χ0v) is 15.0. The van der Waals surface area contributed by atoms with Gasteiger partial charge < -0.3 is 14.1 Å². The molecule has 0 bridgehead atoms. The maximum Gasteiger partial charge on any atom is 0.260 e. The Morgan fingerprint density at radius 1 is 1.24 bits per heavy atom. The maximum absolute atomic E-state index is 12.7. The van der Waals surface area contributed by atoms with Gasteiger partial charge in [-0.25, -0.2) is 0 Å². The number of rotatable bonds is 8. The van der Waals surface area contributed by atoms with E-state index in [0.717, 1.165) is 23.3 Å². The highest BCUT2D eigenvalue weighted by Crippen LogP contribution is 2.14. The lowest BCUT2D eigenvalue weighted by Crippen LogP contribution is -2.35. The molecule has 0 saturated carbocycles. The SMILES string of the molecule is Cc1cccc(OCC(=O)N(CCc2cccs2)Cc2ccoc2)c1. The first-order valence-electron chi connectivity index (χ1n) is 8.21. The van der Waals surface area contributed by atoms with Crippen molar-refractivity contribution in [1.82, 2.24) is 4.90 Å². The first kappa shape index (κ1) is 17.3. The average Bonchev–Trinajstić information content (AvgIpc) is 3.30. The minimum absolute atomic E-state index is 0.0285. The van der Waals surface area contributed by atoms with E-state index in [-0.39, 0.29) is 12.5 Å². The number of amides is 1. The molecular formula is C20H21NO3S. The van der Waals surface area contributed by atoms with Crippen LogP contribution >= 0.6 is 11.3 Å². The molecule has 3 rings (SSSR count). The molecule has 3 aromatic rings. The van der Waals surface area contributed by atoms with Gasteiger partial charge in [-0.1, -0.05) is 18.2 Å². The van der Waals surface area contributed by atoms with Crippen molar-refractivity contribution in [3.8, 4) is 5.75 Å². The van der Waals surface area contributed by atoms with Gasteiger partial charge in [0.25, 0.3) is 5.91 Å². The molecule has 1 aromatic carbocycles. The van der Waals surface area contributed by atoms with Gasteiger partial charge in [0.1, 0.15) is 5.75 Å². The summed E-state index contributed by atoms with van der Waals surface area (Å²) in [6, 6.07) is 13.7. The van der Waals surface area contributed by atoms with E-state index in [0.29, 0.717) is 13.1 Å². The van der Waals surface area contributed by atoms with Gasteiger partial charge in [-0.2, -0.15) is 0 Å². The maximum atomic E-state index is 12.7. The number of thiophene rings is 1. The highest BCUT2D eigenvalue weighted by atomic mass is 32.1. The van der Waals surface area contributed by atoms with E-state index in [1.807, 2.05) is 48.2 Å². The summed E-state index contributed by atoms with van der Waals surface area (Å²) in [7, 11) is 0. The molecule has 0 aliphatic carbocycles.